The molecule has 4 N–H and O–H groups in total. The highest BCUT2D eigenvalue weighted by molar-refractivity contribution is 7.90. The van der Waals surface area contributed by atoms with Crippen molar-refractivity contribution in [3.8, 4) is 17.4 Å². The van der Waals surface area contributed by atoms with Gasteiger partial charge < -0.3 is 34.5 Å². The number of likely N-dealkylation sites (tertiary alicyclic amines) is 1. The number of rotatable bonds is 17. The van der Waals surface area contributed by atoms with Gasteiger partial charge in [0.2, 0.25) is 5.82 Å². The van der Waals surface area contributed by atoms with Crippen LogP contribution in [0.2, 0.25) is 0 Å². The van der Waals surface area contributed by atoms with Crippen molar-refractivity contribution in [2.75, 3.05) is 56.7 Å². The number of aliphatic hydroxyl groups is 1. The number of hydrogen-bond acceptors (Lipinski definition) is 14. The largest absolute Gasteiger partial charge is 0.472 e. The maximum absolute atomic E-state index is 15.0. The Morgan fingerprint density at radius 3 is 2.49 bits per heavy atom. The molecule has 5 aromatic rings. The normalized spacial score (nSPS) is 22.9. The van der Waals surface area contributed by atoms with E-state index < -0.39 is 42.9 Å². The number of nitro groups is 1. The van der Waals surface area contributed by atoms with E-state index in [1.807, 2.05) is 0 Å². The minimum Gasteiger partial charge on any atom is -0.472 e. The van der Waals surface area contributed by atoms with Crippen molar-refractivity contribution in [1.29, 1.82) is 0 Å². The van der Waals surface area contributed by atoms with Crippen LogP contribution in [0.25, 0.3) is 11.0 Å². The average Bonchev–Trinajstić information content (AvgIpc) is 3.97. The van der Waals surface area contributed by atoms with E-state index >= 15 is 4.39 Å². The first kappa shape index (κ1) is 50.1. The number of pyridine rings is 2. The fraction of sp³-hybridized carbons (Fsp3) is 0.519. The quantitative estimate of drug-likeness (QED) is 0.0506. The zero-order chi connectivity index (χ0) is 50.2. The van der Waals surface area contributed by atoms with Crippen LogP contribution in [0.1, 0.15) is 119 Å². The minimum absolute atomic E-state index is 0.0262. The number of carbonyl (C=O) groups excluding carboxylic acids is 1. The number of fused-ring (bicyclic) bond motifs is 1. The lowest BCUT2D eigenvalue weighted by Gasteiger charge is -2.57. The lowest BCUT2D eigenvalue weighted by molar-refractivity contribution is -0.384. The molecule has 2 aliphatic heterocycles. The molecule has 2 saturated carbocycles. The van der Waals surface area contributed by atoms with E-state index in [2.05, 4.69) is 72.9 Å². The summed E-state index contributed by atoms with van der Waals surface area (Å²) >= 11 is 0. The van der Waals surface area contributed by atoms with Gasteiger partial charge in [-0.1, -0.05) is 44.5 Å². The van der Waals surface area contributed by atoms with Crippen LogP contribution in [0.4, 0.5) is 21.6 Å². The summed E-state index contributed by atoms with van der Waals surface area (Å²) < 4.78 is 62.7. The van der Waals surface area contributed by atoms with Crippen molar-refractivity contribution in [2.45, 2.75) is 120 Å². The Hall–Kier alpha value is -5.89. The van der Waals surface area contributed by atoms with Crippen LogP contribution >= 0.6 is 0 Å². The predicted octanol–water partition coefficient (Wildman–Crippen LogP) is 9.04. The summed E-state index contributed by atoms with van der Waals surface area (Å²) in [6.45, 7) is 12.1. The van der Waals surface area contributed by atoms with Gasteiger partial charge in [0.1, 0.15) is 28.7 Å². The molecule has 0 radical (unpaired) electrons. The number of anilines is 2. The van der Waals surface area contributed by atoms with Gasteiger partial charge in [0.15, 0.2) is 5.75 Å². The van der Waals surface area contributed by atoms with Crippen LogP contribution in [-0.2, 0) is 14.8 Å². The molecular weight excluding hydrogens is 932 g/mol. The second-order valence-electron chi connectivity index (χ2n) is 20.8. The van der Waals surface area contributed by atoms with Crippen LogP contribution in [-0.4, -0.2) is 108 Å². The number of halogens is 1. The second-order valence-corrected chi connectivity index (χ2v) is 22.5. The molecule has 4 fully saturated rings. The lowest BCUT2D eigenvalue weighted by atomic mass is 9.70. The molecule has 1 amide bonds. The molecule has 0 bridgehead atoms. The number of piperidine rings is 1. The monoisotopic (exact) mass is 996 g/mol. The van der Waals surface area contributed by atoms with E-state index in [4.69, 9.17) is 14.2 Å². The third-order valence-electron chi connectivity index (χ3n) is 15.4. The first-order valence-corrected chi connectivity index (χ1v) is 26.3. The maximum atomic E-state index is 15.0. The standard InChI is InChI=1S/C52H65FN8O9S/c1-32(2)37-9-6-7-10-38(37)39-11-8-12-43(39)60-30-52(31-60)19-21-59(22-20-52)35-13-14-40(45(23-35)70-46-25-41-42(53)28-56-47(41)57-50(46)69-29-33(3)68-5)49(62)58-71(66,67)36-24-44(61(64)65)48(55-27-36)54-26-34-15-17-51(4,63)18-16-34/h6-7,9-10,13-14,23-25,27-28,32-34,39,43,63H,8,11-12,15-22,26,29-31H2,1-5H3,(H,54,55)(H,56,57)(H,58,62)/t33-,34-,39-,43-,51-/m1/s1. The molecule has 3 aromatic heterocycles. The van der Waals surface area contributed by atoms with Crippen LogP contribution < -0.4 is 24.4 Å². The molecule has 19 heteroatoms. The van der Waals surface area contributed by atoms with Gasteiger partial charge in [0.05, 0.1) is 33.8 Å². The van der Waals surface area contributed by atoms with E-state index in [0.717, 1.165) is 63.2 Å². The molecule has 0 unspecified atom stereocenters. The maximum Gasteiger partial charge on any atom is 0.312 e. The average molecular weight is 997 g/mol. The number of ether oxygens (including phenoxy) is 3. The lowest BCUT2D eigenvalue weighted by Crippen LogP contribution is -2.63. The molecular formula is C52H65FN8O9S. The SMILES string of the molecule is CO[C@H](C)COc1nc2[nH]cc(F)c2cc1Oc1cc(N2CCC3(CC2)CN([C@@H]2CCC[C@@H]2c2ccccc2C(C)C)C3)ccc1C(=O)NS(=O)(=O)c1cnc(NC[C@H]2CC[C@](C)(O)CC2)c([N+](=O)[O-])c1. The van der Waals surface area contributed by atoms with Crippen molar-refractivity contribution in [3.05, 3.63) is 99.6 Å². The highest BCUT2D eigenvalue weighted by Gasteiger charge is 2.49. The summed E-state index contributed by atoms with van der Waals surface area (Å²) in [5.74, 6) is -0.793. The Labute approximate surface area is 414 Å². The molecule has 380 valence electrons. The molecule has 1 spiro atoms. The minimum atomic E-state index is -4.75. The number of benzene rings is 2. The number of aromatic amines is 1. The number of amides is 1. The molecule has 3 atom stereocenters. The highest BCUT2D eigenvalue weighted by atomic mass is 32.2. The van der Waals surface area contributed by atoms with Gasteiger partial charge >= 0.3 is 5.69 Å². The van der Waals surface area contributed by atoms with Gasteiger partial charge in [0.25, 0.3) is 21.8 Å². The van der Waals surface area contributed by atoms with Crippen molar-refractivity contribution < 1.29 is 41.8 Å². The summed E-state index contributed by atoms with van der Waals surface area (Å²) in [7, 11) is -3.22. The van der Waals surface area contributed by atoms with E-state index in [1.54, 1.807) is 26.0 Å². The number of sulfonamides is 1. The fourth-order valence-electron chi connectivity index (χ4n) is 11.1. The first-order chi connectivity index (χ1) is 33.9. The van der Waals surface area contributed by atoms with E-state index in [9.17, 15) is 28.4 Å². The van der Waals surface area contributed by atoms with Crippen molar-refractivity contribution in [2.24, 2.45) is 11.3 Å². The molecule has 9 rings (SSSR count). The topological polar surface area (TPSA) is 214 Å². The van der Waals surface area contributed by atoms with Gasteiger partial charge in [0, 0.05) is 76.0 Å². The van der Waals surface area contributed by atoms with Crippen molar-refractivity contribution >= 4 is 44.2 Å². The predicted molar refractivity (Wildman–Crippen MR) is 268 cm³/mol. The summed E-state index contributed by atoms with van der Waals surface area (Å²) in [6, 6.07) is 16.6. The van der Waals surface area contributed by atoms with Gasteiger partial charge in [-0.3, -0.25) is 19.8 Å². The van der Waals surface area contributed by atoms with Crippen molar-refractivity contribution in [1.82, 2.24) is 24.6 Å². The molecule has 71 heavy (non-hydrogen) atoms. The number of nitrogens with zero attached hydrogens (tertiary/aromatic N) is 5. The van der Waals surface area contributed by atoms with Crippen LogP contribution in [0.15, 0.2) is 71.9 Å². The van der Waals surface area contributed by atoms with Crippen molar-refractivity contribution in [3.63, 3.8) is 0 Å². The smallest absolute Gasteiger partial charge is 0.312 e. The summed E-state index contributed by atoms with van der Waals surface area (Å²) in [6.07, 6.45) is 9.92. The van der Waals surface area contributed by atoms with Crippen LogP contribution in [0.5, 0.6) is 17.4 Å². The molecule has 5 heterocycles. The van der Waals surface area contributed by atoms with Gasteiger partial charge in [-0.25, -0.2) is 22.5 Å². The number of nitrogens with one attached hydrogen (secondary N) is 3. The fourth-order valence-corrected chi connectivity index (χ4v) is 12.0. The van der Waals surface area contributed by atoms with Gasteiger partial charge in [-0.2, -0.15) is 4.98 Å². The van der Waals surface area contributed by atoms with Crippen LogP contribution in [0, 0.1) is 27.3 Å². The zero-order valence-corrected chi connectivity index (χ0v) is 41.9. The Balaban J connectivity index is 0.951. The number of methoxy groups -OCH3 is 1. The molecule has 4 aliphatic rings. The molecule has 2 aliphatic carbocycles. The Bertz CT molecular complexity index is 2870. The van der Waals surface area contributed by atoms with E-state index in [1.165, 1.54) is 49.6 Å². The number of carbonyl (C=O) groups is 1. The Morgan fingerprint density at radius 2 is 1.77 bits per heavy atom. The van der Waals surface area contributed by atoms with Gasteiger partial charge in [-0.15, -0.1) is 0 Å². The van der Waals surface area contributed by atoms with E-state index in [-0.39, 0.29) is 63.8 Å². The van der Waals surface area contributed by atoms with E-state index in [0.29, 0.717) is 50.1 Å². The number of H-pyrrole nitrogens is 1. The Morgan fingerprint density at radius 1 is 1.03 bits per heavy atom. The molecule has 17 nitrogen and oxygen atoms in total. The third kappa shape index (κ3) is 10.8. The number of aromatic nitrogens is 3. The third-order valence-corrected chi connectivity index (χ3v) is 16.7. The summed E-state index contributed by atoms with van der Waals surface area (Å²) in [5.41, 5.74) is 2.54. The molecule has 2 saturated heterocycles. The first-order valence-electron chi connectivity index (χ1n) is 24.8. The zero-order valence-electron chi connectivity index (χ0n) is 41.1. The van der Waals surface area contributed by atoms with Crippen LogP contribution in [0.3, 0.4) is 0 Å². The Kier molecular flexibility index (Phi) is 14.3. The molecule has 2 aromatic carbocycles. The second kappa shape index (κ2) is 20.3. The van der Waals surface area contributed by atoms with Gasteiger partial charge in [-0.05, 0) is 112 Å². The summed E-state index contributed by atoms with van der Waals surface area (Å²) in [5, 5.41) is 25.6. The summed E-state index contributed by atoms with van der Waals surface area (Å²) in [4.78, 5) is 41.4. The highest BCUT2D eigenvalue weighted by Crippen LogP contribution is 2.49. The number of hydrogen-bond donors (Lipinski definition) is 4.